The lowest BCUT2D eigenvalue weighted by Gasteiger charge is -2.27. The maximum Gasteiger partial charge on any atom is 0.0535 e. The van der Waals surface area contributed by atoms with Crippen LogP contribution in [0, 0.1) is 5.41 Å². The van der Waals surface area contributed by atoms with Crippen LogP contribution in [0.3, 0.4) is 0 Å². The standard InChI is InChI=1S/C13H25NOS/c1-2-16-9-3-6-13(7-8-15-11-13)10-14-12-4-5-12/h12,14H,2-11H2,1H3. The van der Waals surface area contributed by atoms with E-state index in [-0.39, 0.29) is 0 Å². The van der Waals surface area contributed by atoms with E-state index < -0.39 is 0 Å². The first-order valence-electron chi connectivity index (χ1n) is 6.73. The highest BCUT2D eigenvalue weighted by atomic mass is 32.2. The normalized spacial score (nSPS) is 29.8. The van der Waals surface area contributed by atoms with Gasteiger partial charge in [-0.1, -0.05) is 6.92 Å². The predicted molar refractivity (Wildman–Crippen MR) is 71.1 cm³/mol. The van der Waals surface area contributed by atoms with Crippen molar-refractivity contribution in [3.63, 3.8) is 0 Å². The van der Waals surface area contributed by atoms with Crippen molar-refractivity contribution in [3.8, 4) is 0 Å². The first-order valence-corrected chi connectivity index (χ1v) is 7.89. The van der Waals surface area contributed by atoms with Crippen LogP contribution in [0.4, 0.5) is 0 Å². The van der Waals surface area contributed by atoms with Crippen molar-refractivity contribution >= 4 is 11.8 Å². The minimum Gasteiger partial charge on any atom is -0.381 e. The predicted octanol–water partition coefficient (Wildman–Crippen LogP) is 2.68. The van der Waals surface area contributed by atoms with E-state index in [1.54, 1.807) is 0 Å². The van der Waals surface area contributed by atoms with Gasteiger partial charge in [-0.2, -0.15) is 11.8 Å². The van der Waals surface area contributed by atoms with Crippen LogP contribution < -0.4 is 5.32 Å². The van der Waals surface area contributed by atoms with Gasteiger partial charge in [0.1, 0.15) is 0 Å². The molecular formula is C13H25NOS. The summed E-state index contributed by atoms with van der Waals surface area (Å²) in [5.74, 6) is 2.57. The molecule has 0 aromatic carbocycles. The highest BCUT2D eigenvalue weighted by Gasteiger charge is 2.35. The zero-order chi connectivity index (χ0) is 11.3. The Morgan fingerprint density at radius 3 is 2.94 bits per heavy atom. The molecule has 94 valence electrons. The molecule has 1 N–H and O–H groups in total. The molecule has 1 aliphatic carbocycles. The summed E-state index contributed by atoms with van der Waals surface area (Å²) in [6.07, 6.45) is 6.75. The zero-order valence-electron chi connectivity index (χ0n) is 10.5. The Morgan fingerprint density at radius 2 is 2.31 bits per heavy atom. The fourth-order valence-corrected chi connectivity index (χ4v) is 3.05. The first kappa shape index (κ1) is 12.7. The highest BCUT2D eigenvalue weighted by Crippen LogP contribution is 2.34. The van der Waals surface area contributed by atoms with E-state index in [4.69, 9.17) is 4.74 Å². The topological polar surface area (TPSA) is 21.3 Å². The van der Waals surface area contributed by atoms with Gasteiger partial charge in [0.15, 0.2) is 0 Å². The molecule has 1 saturated carbocycles. The summed E-state index contributed by atoms with van der Waals surface area (Å²) in [6, 6.07) is 0.836. The van der Waals surface area contributed by atoms with Gasteiger partial charge in [0.25, 0.3) is 0 Å². The second kappa shape index (κ2) is 6.27. The molecule has 0 radical (unpaired) electrons. The van der Waals surface area contributed by atoms with E-state index in [2.05, 4.69) is 24.0 Å². The Bertz CT molecular complexity index is 200. The number of thioether (sulfide) groups is 1. The number of hydrogen-bond acceptors (Lipinski definition) is 3. The molecule has 2 nitrogen and oxygen atoms in total. The third-order valence-electron chi connectivity index (χ3n) is 3.73. The fourth-order valence-electron chi connectivity index (χ4n) is 2.42. The SMILES string of the molecule is CCSCCCC1(CNC2CC2)CCOC1. The van der Waals surface area contributed by atoms with E-state index >= 15 is 0 Å². The van der Waals surface area contributed by atoms with Gasteiger partial charge in [-0.3, -0.25) is 0 Å². The van der Waals surface area contributed by atoms with Gasteiger partial charge in [-0.25, -0.2) is 0 Å². The molecule has 0 aromatic heterocycles. The van der Waals surface area contributed by atoms with Crippen LogP contribution in [-0.2, 0) is 4.74 Å². The van der Waals surface area contributed by atoms with Crippen LogP contribution >= 0.6 is 11.8 Å². The minimum absolute atomic E-state index is 0.469. The van der Waals surface area contributed by atoms with Crippen LogP contribution in [0.2, 0.25) is 0 Å². The molecule has 1 unspecified atom stereocenters. The minimum atomic E-state index is 0.469. The Hall–Kier alpha value is 0.270. The Kier molecular flexibility index (Phi) is 4.98. The third kappa shape index (κ3) is 3.94. The van der Waals surface area contributed by atoms with Crippen molar-refractivity contribution in [1.29, 1.82) is 0 Å². The number of nitrogens with one attached hydrogen (secondary N) is 1. The molecule has 2 aliphatic rings. The summed E-state index contributed by atoms with van der Waals surface area (Å²) in [7, 11) is 0. The maximum absolute atomic E-state index is 5.62. The van der Waals surface area contributed by atoms with E-state index in [1.807, 2.05) is 0 Å². The van der Waals surface area contributed by atoms with Gasteiger partial charge >= 0.3 is 0 Å². The molecule has 0 bridgehead atoms. The third-order valence-corrected chi connectivity index (χ3v) is 4.71. The molecule has 2 fully saturated rings. The quantitative estimate of drug-likeness (QED) is 0.662. The van der Waals surface area contributed by atoms with Crippen molar-refractivity contribution in [2.75, 3.05) is 31.3 Å². The molecule has 1 heterocycles. The molecule has 16 heavy (non-hydrogen) atoms. The van der Waals surface area contributed by atoms with E-state index in [1.165, 1.54) is 50.2 Å². The average molecular weight is 243 g/mol. The highest BCUT2D eigenvalue weighted by molar-refractivity contribution is 7.99. The molecule has 1 aliphatic heterocycles. The second-order valence-corrected chi connectivity index (χ2v) is 6.65. The van der Waals surface area contributed by atoms with Gasteiger partial charge in [0.05, 0.1) is 6.61 Å². The van der Waals surface area contributed by atoms with Crippen molar-refractivity contribution in [1.82, 2.24) is 5.32 Å². The summed E-state index contributed by atoms with van der Waals surface area (Å²) in [4.78, 5) is 0. The van der Waals surface area contributed by atoms with Crippen molar-refractivity contribution in [2.24, 2.45) is 5.41 Å². The fraction of sp³-hybridized carbons (Fsp3) is 1.00. The van der Waals surface area contributed by atoms with Gasteiger partial charge in [-0.15, -0.1) is 0 Å². The number of ether oxygens (including phenoxy) is 1. The van der Waals surface area contributed by atoms with Crippen LogP contribution in [0.5, 0.6) is 0 Å². The van der Waals surface area contributed by atoms with Crippen LogP contribution in [-0.4, -0.2) is 37.3 Å². The van der Waals surface area contributed by atoms with Gasteiger partial charge in [0.2, 0.25) is 0 Å². The smallest absolute Gasteiger partial charge is 0.0535 e. The summed E-state index contributed by atoms with van der Waals surface area (Å²) in [5.41, 5.74) is 0.469. The van der Waals surface area contributed by atoms with Gasteiger partial charge in [-0.05, 0) is 43.6 Å². The van der Waals surface area contributed by atoms with Crippen molar-refractivity contribution in [3.05, 3.63) is 0 Å². The van der Waals surface area contributed by atoms with Crippen LogP contribution in [0.15, 0.2) is 0 Å². The number of hydrogen-bond donors (Lipinski definition) is 1. The molecule has 3 heteroatoms. The van der Waals surface area contributed by atoms with E-state index in [0.29, 0.717) is 5.41 Å². The second-order valence-electron chi connectivity index (χ2n) is 5.26. The monoisotopic (exact) mass is 243 g/mol. The van der Waals surface area contributed by atoms with E-state index in [0.717, 1.165) is 19.3 Å². The lowest BCUT2D eigenvalue weighted by molar-refractivity contribution is 0.143. The van der Waals surface area contributed by atoms with Crippen LogP contribution in [0.1, 0.15) is 39.0 Å². The first-order chi connectivity index (χ1) is 7.85. The average Bonchev–Trinajstić information content (AvgIpc) is 3.02. The molecule has 0 aromatic rings. The Labute approximate surface area is 104 Å². The molecule has 2 rings (SSSR count). The van der Waals surface area contributed by atoms with E-state index in [9.17, 15) is 0 Å². The molecular weight excluding hydrogens is 218 g/mol. The lowest BCUT2D eigenvalue weighted by atomic mass is 9.82. The summed E-state index contributed by atoms with van der Waals surface area (Å²) < 4.78 is 5.62. The Morgan fingerprint density at radius 1 is 1.44 bits per heavy atom. The zero-order valence-corrected chi connectivity index (χ0v) is 11.3. The van der Waals surface area contributed by atoms with Crippen molar-refractivity contribution < 1.29 is 4.74 Å². The molecule has 0 amide bonds. The van der Waals surface area contributed by atoms with Gasteiger partial charge in [0, 0.05) is 24.6 Å². The lowest BCUT2D eigenvalue weighted by Crippen LogP contribution is -2.36. The molecule has 1 atom stereocenters. The largest absolute Gasteiger partial charge is 0.381 e. The van der Waals surface area contributed by atoms with Crippen LogP contribution in [0.25, 0.3) is 0 Å². The van der Waals surface area contributed by atoms with Gasteiger partial charge < -0.3 is 10.1 Å². The summed E-state index contributed by atoms with van der Waals surface area (Å²) >= 11 is 2.07. The summed E-state index contributed by atoms with van der Waals surface area (Å²) in [5, 5.41) is 3.69. The number of rotatable bonds is 8. The van der Waals surface area contributed by atoms with Crippen molar-refractivity contribution in [2.45, 2.75) is 45.1 Å². The summed E-state index contributed by atoms with van der Waals surface area (Å²) in [6.45, 7) is 5.40. The Balaban J connectivity index is 1.68. The molecule has 0 spiro atoms. The molecule has 1 saturated heterocycles. The maximum atomic E-state index is 5.62.